The minimum absolute atomic E-state index is 0.0446. The molecule has 1 aliphatic heterocycles. The van der Waals surface area contributed by atoms with E-state index in [0.29, 0.717) is 28.7 Å². The van der Waals surface area contributed by atoms with Crippen LogP contribution in [0.1, 0.15) is 20.8 Å². The smallest absolute Gasteiger partial charge is 0.324 e. The standard InChI is InChI=1S/C24H21N5O6S3/c1-16-2-8-20-21(14-16)37-24(26-20)28(25-15-18-5-9-22(36-18)29(31)32)23(30)17-3-6-19(7-4-17)38(33,34)27-10-12-35-13-11-27/h2-9,14-15H,10-13H2,1H3/b25-15+. The topological polar surface area (TPSA) is 135 Å². The number of hydrazone groups is 1. The van der Waals surface area contributed by atoms with E-state index in [9.17, 15) is 23.3 Å². The van der Waals surface area contributed by atoms with Gasteiger partial charge in [0.05, 0.1) is 44.3 Å². The van der Waals surface area contributed by atoms with Gasteiger partial charge in [-0.05, 0) is 55.0 Å². The maximum atomic E-state index is 13.6. The van der Waals surface area contributed by atoms with Crippen LogP contribution >= 0.6 is 22.7 Å². The number of hydrogen-bond acceptors (Lipinski definition) is 10. The predicted molar refractivity (Wildman–Crippen MR) is 146 cm³/mol. The number of carbonyl (C=O) groups excluding carboxylic acids is 1. The summed E-state index contributed by atoms with van der Waals surface area (Å²) in [5.74, 6) is -0.529. The van der Waals surface area contributed by atoms with E-state index in [2.05, 4.69) is 10.1 Å². The maximum absolute atomic E-state index is 13.6. The molecule has 0 aliphatic carbocycles. The van der Waals surface area contributed by atoms with Gasteiger partial charge in [0.1, 0.15) is 0 Å². The normalized spacial score (nSPS) is 14.8. The average Bonchev–Trinajstić information content (AvgIpc) is 3.56. The number of morpholine rings is 1. The lowest BCUT2D eigenvalue weighted by Gasteiger charge is -2.26. The zero-order chi connectivity index (χ0) is 26.9. The minimum atomic E-state index is -3.71. The lowest BCUT2D eigenvalue weighted by molar-refractivity contribution is -0.380. The number of rotatable bonds is 7. The first-order valence-electron chi connectivity index (χ1n) is 11.4. The van der Waals surface area contributed by atoms with E-state index in [1.807, 2.05) is 25.1 Å². The monoisotopic (exact) mass is 571 g/mol. The van der Waals surface area contributed by atoms with Crippen LogP contribution in [0.2, 0.25) is 0 Å². The number of aromatic nitrogens is 1. The summed E-state index contributed by atoms with van der Waals surface area (Å²) in [6.45, 7) is 3.15. The Morgan fingerprint density at radius 3 is 2.55 bits per heavy atom. The number of thiophene rings is 1. The van der Waals surface area contributed by atoms with Gasteiger partial charge < -0.3 is 4.74 Å². The highest BCUT2D eigenvalue weighted by Gasteiger charge is 2.27. The molecule has 0 spiro atoms. The molecule has 0 atom stereocenters. The van der Waals surface area contributed by atoms with E-state index >= 15 is 0 Å². The van der Waals surface area contributed by atoms with Crippen LogP contribution in [0, 0.1) is 17.0 Å². The molecule has 2 aromatic carbocycles. The molecule has 0 saturated carbocycles. The van der Waals surface area contributed by atoms with Crippen molar-refractivity contribution < 1.29 is 22.9 Å². The number of fused-ring (bicyclic) bond motifs is 1. The molecule has 4 aromatic rings. The van der Waals surface area contributed by atoms with E-state index < -0.39 is 20.9 Å². The van der Waals surface area contributed by atoms with Crippen LogP contribution in [0.5, 0.6) is 0 Å². The minimum Gasteiger partial charge on any atom is -0.379 e. The Balaban J connectivity index is 1.47. The fourth-order valence-corrected chi connectivity index (χ4v) is 6.87. The Labute approximate surface area is 225 Å². The number of anilines is 1. The van der Waals surface area contributed by atoms with Crippen LogP contribution < -0.4 is 5.01 Å². The molecule has 11 nitrogen and oxygen atoms in total. The molecule has 5 rings (SSSR count). The molecule has 196 valence electrons. The molecule has 0 radical (unpaired) electrons. The van der Waals surface area contributed by atoms with Crippen LogP contribution in [-0.4, -0.2) is 61.1 Å². The molecule has 0 bridgehead atoms. The van der Waals surface area contributed by atoms with Crippen molar-refractivity contribution in [2.45, 2.75) is 11.8 Å². The number of nitrogens with zero attached hydrogens (tertiary/aromatic N) is 5. The zero-order valence-corrected chi connectivity index (χ0v) is 22.5. The highest BCUT2D eigenvalue weighted by Crippen LogP contribution is 2.31. The molecule has 1 aliphatic rings. The second-order valence-corrected chi connectivity index (χ2v) is 12.3. The maximum Gasteiger partial charge on any atom is 0.324 e. The quantitative estimate of drug-likeness (QED) is 0.184. The molecular formula is C24H21N5O6S3. The van der Waals surface area contributed by atoms with Gasteiger partial charge in [0.25, 0.3) is 5.91 Å². The van der Waals surface area contributed by atoms with Crippen molar-refractivity contribution in [2.75, 3.05) is 31.3 Å². The lowest BCUT2D eigenvalue weighted by atomic mass is 10.2. The summed E-state index contributed by atoms with van der Waals surface area (Å²) in [7, 11) is -3.71. The molecule has 2 aromatic heterocycles. The van der Waals surface area contributed by atoms with Gasteiger partial charge in [-0.2, -0.15) is 14.4 Å². The van der Waals surface area contributed by atoms with E-state index in [1.54, 1.807) is 6.07 Å². The summed E-state index contributed by atoms with van der Waals surface area (Å²) in [5.41, 5.74) is 1.94. The second-order valence-electron chi connectivity index (χ2n) is 8.30. The van der Waals surface area contributed by atoms with Crippen LogP contribution in [-0.2, 0) is 14.8 Å². The number of carbonyl (C=O) groups is 1. The molecule has 1 saturated heterocycles. The van der Waals surface area contributed by atoms with Crippen molar-refractivity contribution in [1.29, 1.82) is 0 Å². The van der Waals surface area contributed by atoms with Crippen molar-refractivity contribution in [1.82, 2.24) is 9.29 Å². The van der Waals surface area contributed by atoms with Crippen LogP contribution in [0.4, 0.5) is 10.1 Å². The number of hydrogen-bond donors (Lipinski definition) is 0. The summed E-state index contributed by atoms with van der Waals surface area (Å²) >= 11 is 2.20. The summed E-state index contributed by atoms with van der Waals surface area (Å²) in [6.07, 6.45) is 1.37. The molecular weight excluding hydrogens is 550 g/mol. The predicted octanol–water partition coefficient (Wildman–Crippen LogP) is 4.28. The molecule has 1 fully saturated rings. The van der Waals surface area contributed by atoms with Gasteiger partial charge in [-0.15, -0.1) is 0 Å². The Morgan fingerprint density at radius 1 is 1.13 bits per heavy atom. The highest BCUT2D eigenvalue weighted by molar-refractivity contribution is 7.89. The van der Waals surface area contributed by atoms with Gasteiger partial charge in [0, 0.05) is 24.7 Å². The molecule has 3 heterocycles. The first kappa shape index (κ1) is 26.1. The summed E-state index contributed by atoms with van der Waals surface area (Å²) < 4.78 is 33.4. The van der Waals surface area contributed by atoms with Crippen LogP contribution in [0.3, 0.4) is 0 Å². The number of ether oxygens (including phenoxy) is 1. The van der Waals surface area contributed by atoms with Gasteiger partial charge in [0.2, 0.25) is 15.2 Å². The largest absolute Gasteiger partial charge is 0.379 e. The number of nitro groups is 1. The zero-order valence-electron chi connectivity index (χ0n) is 20.0. The molecule has 1 amide bonds. The van der Waals surface area contributed by atoms with Gasteiger partial charge in [-0.1, -0.05) is 28.7 Å². The van der Waals surface area contributed by atoms with Gasteiger partial charge in [0.15, 0.2) is 0 Å². The van der Waals surface area contributed by atoms with Crippen molar-refractivity contribution in [3.8, 4) is 0 Å². The SMILES string of the molecule is Cc1ccc2nc(N(/N=C/c3ccc([N+](=O)[O-])s3)C(=O)c3ccc(S(=O)(=O)N4CCOCC4)cc3)sc2c1. The van der Waals surface area contributed by atoms with E-state index in [-0.39, 0.29) is 28.5 Å². The summed E-state index contributed by atoms with van der Waals surface area (Å²) in [6, 6.07) is 14.3. The van der Waals surface area contributed by atoms with E-state index in [1.165, 1.54) is 52.2 Å². The Hall–Kier alpha value is -3.56. The summed E-state index contributed by atoms with van der Waals surface area (Å²) in [4.78, 5) is 29.2. The fraction of sp³-hybridized carbons (Fsp3) is 0.208. The van der Waals surface area contributed by atoms with Crippen LogP contribution in [0.15, 0.2) is 64.6 Å². The number of benzene rings is 2. The fourth-order valence-electron chi connectivity index (χ4n) is 3.75. The van der Waals surface area contributed by atoms with Crippen molar-refractivity contribution in [2.24, 2.45) is 5.10 Å². The molecule has 38 heavy (non-hydrogen) atoms. The molecule has 0 N–H and O–H groups in total. The highest BCUT2D eigenvalue weighted by atomic mass is 32.2. The Kier molecular flexibility index (Phi) is 7.32. The number of sulfonamides is 1. The Morgan fingerprint density at radius 2 is 1.87 bits per heavy atom. The van der Waals surface area contributed by atoms with Crippen molar-refractivity contribution in [3.05, 3.63) is 80.7 Å². The van der Waals surface area contributed by atoms with E-state index in [4.69, 9.17) is 4.74 Å². The first-order valence-corrected chi connectivity index (χ1v) is 14.5. The van der Waals surface area contributed by atoms with Gasteiger partial charge in [-0.3, -0.25) is 14.9 Å². The lowest BCUT2D eigenvalue weighted by Crippen LogP contribution is -2.40. The third-order valence-electron chi connectivity index (χ3n) is 5.71. The number of aryl methyl sites for hydroxylation is 1. The van der Waals surface area contributed by atoms with Crippen molar-refractivity contribution >= 4 is 65.2 Å². The first-order chi connectivity index (χ1) is 18.2. The third-order valence-corrected chi connectivity index (χ3v) is 9.59. The van der Waals surface area contributed by atoms with Gasteiger partial charge in [-0.25, -0.2) is 13.4 Å². The second kappa shape index (κ2) is 10.7. The van der Waals surface area contributed by atoms with E-state index in [0.717, 1.165) is 26.6 Å². The van der Waals surface area contributed by atoms with Crippen LogP contribution in [0.25, 0.3) is 10.2 Å². The number of amides is 1. The molecule has 0 unspecified atom stereocenters. The Bertz CT molecular complexity index is 1640. The number of thiazole rings is 1. The summed E-state index contributed by atoms with van der Waals surface area (Å²) in [5, 5.41) is 16.8. The average molecular weight is 572 g/mol. The van der Waals surface area contributed by atoms with Crippen molar-refractivity contribution in [3.63, 3.8) is 0 Å². The molecule has 14 heteroatoms. The third kappa shape index (κ3) is 5.35. The van der Waals surface area contributed by atoms with Gasteiger partial charge >= 0.3 is 5.00 Å².